The predicted molar refractivity (Wildman–Crippen MR) is 88.1 cm³/mol. The average Bonchev–Trinajstić information content (AvgIpc) is 2.58. The van der Waals surface area contributed by atoms with Crippen molar-refractivity contribution in [3.8, 4) is 0 Å². The molecule has 2 amide bonds. The first-order chi connectivity index (χ1) is 11.5. The van der Waals surface area contributed by atoms with Crippen LogP contribution in [0.1, 0.15) is 31.7 Å². The van der Waals surface area contributed by atoms with Crippen molar-refractivity contribution in [1.29, 1.82) is 0 Å². The molecule has 1 aromatic carbocycles. The normalized spacial score (nSPS) is 11.2. The van der Waals surface area contributed by atoms with Crippen LogP contribution in [0.25, 0.3) is 0 Å². The summed E-state index contributed by atoms with van der Waals surface area (Å²) in [5.74, 6) is -0.756. The Hall–Kier alpha value is -2.57. The lowest BCUT2D eigenvalue weighted by Crippen LogP contribution is -2.40. The summed E-state index contributed by atoms with van der Waals surface area (Å²) in [6, 6.07) is 8.75. The Balaban J connectivity index is 2.16. The maximum atomic E-state index is 11.5. The molecule has 0 aliphatic rings. The number of hydrogen-bond donors (Lipinski definition) is 2. The van der Waals surface area contributed by atoms with Gasteiger partial charge in [-0.1, -0.05) is 30.3 Å². The van der Waals surface area contributed by atoms with Crippen molar-refractivity contribution < 1.29 is 23.9 Å². The molecule has 7 heteroatoms. The highest BCUT2D eigenvalue weighted by atomic mass is 16.5. The monoisotopic (exact) mass is 336 g/mol. The van der Waals surface area contributed by atoms with Crippen LogP contribution in [0.5, 0.6) is 0 Å². The third kappa shape index (κ3) is 8.17. The maximum Gasteiger partial charge on any atom is 0.407 e. The molecule has 132 valence electrons. The van der Waals surface area contributed by atoms with Crippen molar-refractivity contribution in [1.82, 2.24) is 10.6 Å². The molecule has 0 fully saturated rings. The number of unbranched alkanes of at least 4 members (excludes halogenated alkanes) is 1. The van der Waals surface area contributed by atoms with Gasteiger partial charge in [0, 0.05) is 13.5 Å². The van der Waals surface area contributed by atoms with Gasteiger partial charge in [-0.05, 0) is 24.8 Å². The lowest BCUT2D eigenvalue weighted by atomic mass is 10.1. The quantitative estimate of drug-likeness (QED) is 0.529. The fourth-order valence-electron chi connectivity index (χ4n) is 2.07. The van der Waals surface area contributed by atoms with Crippen LogP contribution in [0.4, 0.5) is 4.79 Å². The molecular formula is C17H24N2O5. The van der Waals surface area contributed by atoms with Gasteiger partial charge < -0.3 is 20.1 Å². The Morgan fingerprint density at radius 1 is 1.12 bits per heavy atom. The van der Waals surface area contributed by atoms with Crippen molar-refractivity contribution in [2.75, 3.05) is 13.7 Å². The zero-order valence-corrected chi connectivity index (χ0v) is 14.0. The molecule has 0 saturated heterocycles. The van der Waals surface area contributed by atoms with E-state index in [4.69, 9.17) is 4.74 Å². The second-order valence-corrected chi connectivity index (χ2v) is 5.26. The van der Waals surface area contributed by atoms with Crippen LogP contribution in [-0.2, 0) is 25.7 Å². The third-order valence-electron chi connectivity index (χ3n) is 3.26. The van der Waals surface area contributed by atoms with Crippen LogP contribution in [0, 0.1) is 0 Å². The summed E-state index contributed by atoms with van der Waals surface area (Å²) in [6.07, 6.45) is 1.28. The first kappa shape index (κ1) is 19.5. The van der Waals surface area contributed by atoms with Crippen LogP contribution in [0.3, 0.4) is 0 Å². The fraction of sp³-hybridized carbons (Fsp3) is 0.471. The molecule has 0 spiro atoms. The predicted octanol–water partition coefficient (Wildman–Crippen LogP) is 1.76. The number of benzene rings is 1. The van der Waals surface area contributed by atoms with Gasteiger partial charge in [0.05, 0.1) is 7.11 Å². The van der Waals surface area contributed by atoms with Crippen LogP contribution in [0.15, 0.2) is 30.3 Å². The van der Waals surface area contributed by atoms with Crippen LogP contribution in [-0.4, -0.2) is 37.7 Å². The molecule has 2 N–H and O–H groups in total. The molecule has 1 aromatic rings. The number of esters is 1. The summed E-state index contributed by atoms with van der Waals surface area (Å²) in [6.45, 7) is 2.00. The van der Waals surface area contributed by atoms with Gasteiger partial charge in [-0.3, -0.25) is 4.79 Å². The zero-order valence-electron chi connectivity index (χ0n) is 14.0. The van der Waals surface area contributed by atoms with Crippen molar-refractivity contribution in [2.24, 2.45) is 0 Å². The Kier molecular flexibility index (Phi) is 8.96. The van der Waals surface area contributed by atoms with Gasteiger partial charge in [0.15, 0.2) is 0 Å². The standard InChI is InChI=1S/C17H24N2O5/c1-13(20)19-15(16(21)23-2)10-6-7-11-18-17(22)24-12-14-8-4-3-5-9-14/h3-5,8-9,15H,6-7,10-12H2,1-2H3,(H,18,22)(H,19,20). The highest BCUT2D eigenvalue weighted by Crippen LogP contribution is 2.03. The van der Waals surface area contributed by atoms with E-state index in [0.717, 1.165) is 5.56 Å². The van der Waals surface area contributed by atoms with E-state index >= 15 is 0 Å². The SMILES string of the molecule is COC(=O)C(CCCCNC(=O)OCc1ccccc1)NC(C)=O. The van der Waals surface area contributed by atoms with Gasteiger partial charge in [0.2, 0.25) is 5.91 Å². The summed E-state index contributed by atoms with van der Waals surface area (Å²) in [5, 5.41) is 5.19. The summed E-state index contributed by atoms with van der Waals surface area (Å²) in [5.41, 5.74) is 0.920. The highest BCUT2D eigenvalue weighted by Gasteiger charge is 2.19. The minimum atomic E-state index is -0.655. The lowest BCUT2D eigenvalue weighted by Gasteiger charge is -2.15. The zero-order chi connectivity index (χ0) is 17.8. The minimum Gasteiger partial charge on any atom is -0.467 e. The second-order valence-electron chi connectivity index (χ2n) is 5.26. The Morgan fingerprint density at radius 2 is 1.83 bits per heavy atom. The van der Waals surface area contributed by atoms with Crippen molar-refractivity contribution in [3.63, 3.8) is 0 Å². The fourth-order valence-corrected chi connectivity index (χ4v) is 2.07. The number of ether oxygens (including phenoxy) is 2. The van der Waals surface area contributed by atoms with E-state index in [9.17, 15) is 14.4 Å². The molecule has 7 nitrogen and oxygen atoms in total. The molecule has 24 heavy (non-hydrogen) atoms. The first-order valence-corrected chi connectivity index (χ1v) is 7.82. The number of hydrogen-bond acceptors (Lipinski definition) is 5. The Morgan fingerprint density at radius 3 is 2.46 bits per heavy atom. The van der Waals surface area contributed by atoms with Crippen molar-refractivity contribution >= 4 is 18.0 Å². The van der Waals surface area contributed by atoms with Crippen LogP contribution in [0.2, 0.25) is 0 Å². The van der Waals surface area contributed by atoms with E-state index in [1.54, 1.807) is 0 Å². The summed E-state index contributed by atoms with van der Waals surface area (Å²) < 4.78 is 9.72. The number of amides is 2. The number of carbonyl (C=O) groups excluding carboxylic acids is 3. The van der Waals surface area contributed by atoms with E-state index in [1.807, 2.05) is 30.3 Å². The van der Waals surface area contributed by atoms with Crippen molar-refractivity contribution in [3.05, 3.63) is 35.9 Å². The number of methoxy groups -OCH3 is 1. The molecule has 0 aliphatic heterocycles. The van der Waals surface area contributed by atoms with E-state index in [2.05, 4.69) is 15.4 Å². The van der Waals surface area contributed by atoms with Crippen LogP contribution >= 0.6 is 0 Å². The lowest BCUT2D eigenvalue weighted by molar-refractivity contribution is -0.145. The molecule has 0 aliphatic carbocycles. The van der Waals surface area contributed by atoms with Gasteiger partial charge in [-0.15, -0.1) is 0 Å². The van der Waals surface area contributed by atoms with Gasteiger partial charge in [-0.2, -0.15) is 0 Å². The maximum absolute atomic E-state index is 11.5. The minimum absolute atomic E-state index is 0.222. The largest absolute Gasteiger partial charge is 0.467 e. The second kappa shape index (κ2) is 11.0. The molecule has 0 radical (unpaired) electrons. The molecule has 0 aromatic heterocycles. The molecule has 0 saturated carbocycles. The Labute approximate surface area is 141 Å². The summed E-state index contributed by atoms with van der Waals surface area (Å²) >= 11 is 0. The third-order valence-corrected chi connectivity index (χ3v) is 3.26. The number of alkyl carbamates (subject to hydrolysis) is 1. The van der Waals surface area contributed by atoms with E-state index < -0.39 is 18.1 Å². The van der Waals surface area contributed by atoms with Gasteiger partial charge in [0.1, 0.15) is 12.6 Å². The van der Waals surface area contributed by atoms with E-state index in [1.165, 1.54) is 14.0 Å². The molecule has 1 unspecified atom stereocenters. The van der Waals surface area contributed by atoms with Crippen molar-refractivity contribution in [2.45, 2.75) is 38.8 Å². The van der Waals surface area contributed by atoms with Gasteiger partial charge >= 0.3 is 12.1 Å². The number of carbonyl (C=O) groups is 3. The summed E-state index contributed by atoms with van der Waals surface area (Å²) in [4.78, 5) is 34.1. The van der Waals surface area contributed by atoms with Gasteiger partial charge in [0.25, 0.3) is 0 Å². The first-order valence-electron chi connectivity index (χ1n) is 7.82. The molecular weight excluding hydrogens is 312 g/mol. The van der Waals surface area contributed by atoms with E-state index in [0.29, 0.717) is 25.8 Å². The van der Waals surface area contributed by atoms with E-state index in [-0.39, 0.29) is 12.5 Å². The molecule has 1 atom stereocenters. The average molecular weight is 336 g/mol. The molecule has 0 bridgehead atoms. The smallest absolute Gasteiger partial charge is 0.407 e. The summed E-state index contributed by atoms with van der Waals surface area (Å²) in [7, 11) is 1.28. The Bertz CT molecular complexity index is 533. The van der Waals surface area contributed by atoms with Crippen LogP contribution < -0.4 is 10.6 Å². The van der Waals surface area contributed by atoms with Gasteiger partial charge in [-0.25, -0.2) is 9.59 Å². The highest BCUT2D eigenvalue weighted by molar-refractivity contribution is 5.83. The molecule has 1 rings (SSSR count). The molecule has 0 heterocycles. The number of nitrogens with one attached hydrogen (secondary N) is 2. The topological polar surface area (TPSA) is 93.7 Å². The number of rotatable bonds is 9.